The third-order valence-corrected chi connectivity index (χ3v) is 2.76. The summed E-state index contributed by atoms with van der Waals surface area (Å²) in [5.74, 6) is -0.432. The Bertz CT molecular complexity index is 585. The van der Waals surface area contributed by atoms with Crippen LogP contribution >= 0.6 is 34.8 Å². The number of carbonyl (C=O) groups is 1. The van der Waals surface area contributed by atoms with E-state index in [-0.39, 0.29) is 21.1 Å². The largest absolute Gasteiger partial charge is 0.317 e. The van der Waals surface area contributed by atoms with Gasteiger partial charge >= 0.3 is 0 Å². The molecule has 0 aliphatic rings. The van der Waals surface area contributed by atoms with E-state index < -0.39 is 5.91 Å². The number of aromatic nitrogens is 3. The molecule has 1 amide bonds. The lowest BCUT2D eigenvalue weighted by molar-refractivity contribution is 0.102. The number of nitrogens with zero attached hydrogens (tertiary/aromatic N) is 3. The molecule has 0 aromatic carbocycles. The second-order valence-electron chi connectivity index (χ2n) is 3.15. The van der Waals surface area contributed by atoms with Gasteiger partial charge in [0.15, 0.2) is 10.3 Å². The van der Waals surface area contributed by atoms with Crippen LogP contribution in [0.3, 0.4) is 0 Å². The first-order chi connectivity index (χ1) is 8.58. The van der Waals surface area contributed by atoms with Gasteiger partial charge in [-0.1, -0.05) is 34.8 Å². The summed E-state index contributed by atoms with van der Waals surface area (Å²) in [7, 11) is 0. The average Bonchev–Trinajstić information content (AvgIpc) is 2.34. The van der Waals surface area contributed by atoms with Crippen molar-refractivity contribution < 1.29 is 4.79 Å². The number of hydrogen-bond donors (Lipinski definition) is 1. The number of pyridine rings is 1. The van der Waals surface area contributed by atoms with Gasteiger partial charge in [0.25, 0.3) is 5.91 Å². The highest BCUT2D eigenvalue weighted by Gasteiger charge is 2.13. The van der Waals surface area contributed by atoms with Crippen LogP contribution in [-0.4, -0.2) is 20.9 Å². The van der Waals surface area contributed by atoms with Gasteiger partial charge in [0.1, 0.15) is 17.2 Å². The summed E-state index contributed by atoms with van der Waals surface area (Å²) in [6.07, 6.45) is 2.62. The van der Waals surface area contributed by atoms with E-state index in [0.29, 0.717) is 5.56 Å². The van der Waals surface area contributed by atoms with Crippen LogP contribution in [0.1, 0.15) is 10.4 Å². The molecule has 1 N–H and O–H groups in total. The summed E-state index contributed by atoms with van der Waals surface area (Å²) in [6, 6.07) is 2.93. The van der Waals surface area contributed by atoms with Crippen molar-refractivity contribution in [1.29, 1.82) is 0 Å². The summed E-state index contributed by atoms with van der Waals surface area (Å²) < 4.78 is 0. The molecule has 0 aliphatic carbocycles. The fourth-order valence-corrected chi connectivity index (χ4v) is 1.76. The maximum absolute atomic E-state index is 11.9. The van der Waals surface area contributed by atoms with Crippen molar-refractivity contribution in [2.45, 2.75) is 0 Å². The molecular weight excluding hydrogens is 298 g/mol. The SMILES string of the molecule is O=C(Nc1c(Cl)ncnc1Cl)c1ccnc(Cl)c1. The number of nitrogens with one attached hydrogen (secondary N) is 1. The highest BCUT2D eigenvalue weighted by atomic mass is 35.5. The van der Waals surface area contributed by atoms with Crippen molar-refractivity contribution in [3.05, 3.63) is 45.7 Å². The zero-order valence-electron chi connectivity index (χ0n) is 8.69. The smallest absolute Gasteiger partial charge is 0.255 e. The quantitative estimate of drug-likeness (QED) is 0.684. The van der Waals surface area contributed by atoms with E-state index in [2.05, 4.69) is 20.3 Å². The molecule has 2 rings (SSSR count). The third-order valence-electron chi connectivity index (χ3n) is 1.98. The minimum absolute atomic E-state index is 0.0588. The second-order valence-corrected chi connectivity index (χ2v) is 4.25. The summed E-state index contributed by atoms with van der Waals surface area (Å²) in [5, 5.41) is 2.84. The lowest BCUT2D eigenvalue weighted by Crippen LogP contribution is -2.13. The molecule has 0 atom stereocenters. The van der Waals surface area contributed by atoms with Crippen molar-refractivity contribution in [3.63, 3.8) is 0 Å². The summed E-state index contributed by atoms with van der Waals surface area (Å²) in [4.78, 5) is 23.1. The lowest BCUT2D eigenvalue weighted by Gasteiger charge is -2.07. The van der Waals surface area contributed by atoms with Crippen LogP contribution in [0.15, 0.2) is 24.7 Å². The van der Waals surface area contributed by atoms with Crippen LogP contribution in [0.25, 0.3) is 0 Å². The zero-order valence-corrected chi connectivity index (χ0v) is 11.0. The Morgan fingerprint density at radius 3 is 2.39 bits per heavy atom. The maximum atomic E-state index is 11.9. The molecule has 0 saturated carbocycles. The third kappa shape index (κ3) is 2.87. The minimum atomic E-state index is -0.432. The molecule has 8 heteroatoms. The van der Waals surface area contributed by atoms with E-state index in [0.717, 1.165) is 0 Å². The van der Waals surface area contributed by atoms with E-state index >= 15 is 0 Å². The zero-order chi connectivity index (χ0) is 13.1. The first-order valence-electron chi connectivity index (χ1n) is 4.67. The van der Waals surface area contributed by atoms with Crippen LogP contribution in [-0.2, 0) is 0 Å². The molecule has 0 bridgehead atoms. The van der Waals surface area contributed by atoms with Gasteiger partial charge in [-0.2, -0.15) is 0 Å². The predicted octanol–water partition coefficient (Wildman–Crippen LogP) is 3.08. The van der Waals surface area contributed by atoms with Crippen molar-refractivity contribution in [1.82, 2.24) is 15.0 Å². The van der Waals surface area contributed by atoms with E-state index in [1.54, 1.807) is 0 Å². The molecular formula is C10H5Cl3N4O. The number of amides is 1. The van der Waals surface area contributed by atoms with Crippen LogP contribution in [0.4, 0.5) is 5.69 Å². The Labute approximate surface area is 117 Å². The molecule has 0 saturated heterocycles. The van der Waals surface area contributed by atoms with Gasteiger partial charge < -0.3 is 5.32 Å². The summed E-state index contributed by atoms with van der Waals surface area (Å²) in [6.45, 7) is 0. The number of halogens is 3. The molecule has 2 heterocycles. The van der Waals surface area contributed by atoms with Crippen molar-refractivity contribution in [2.24, 2.45) is 0 Å². The fraction of sp³-hybridized carbons (Fsp3) is 0. The molecule has 0 spiro atoms. The Kier molecular flexibility index (Phi) is 3.96. The minimum Gasteiger partial charge on any atom is -0.317 e. The highest BCUT2D eigenvalue weighted by molar-refractivity contribution is 6.38. The van der Waals surface area contributed by atoms with Gasteiger partial charge in [-0.3, -0.25) is 4.79 Å². The van der Waals surface area contributed by atoms with Gasteiger partial charge in [-0.25, -0.2) is 15.0 Å². The number of carbonyl (C=O) groups excluding carboxylic acids is 1. The standard InChI is InChI=1S/C10H5Cl3N4O/c11-6-3-5(1-2-14-6)10(18)17-7-8(12)15-4-16-9(7)13/h1-4H,(H,17,18). The molecule has 18 heavy (non-hydrogen) atoms. The average molecular weight is 304 g/mol. The van der Waals surface area contributed by atoms with E-state index in [4.69, 9.17) is 34.8 Å². The first kappa shape index (κ1) is 13.0. The fourth-order valence-electron chi connectivity index (χ4n) is 1.18. The maximum Gasteiger partial charge on any atom is 0.255 e. The van der Waals surface area contributed by atoms with Crippen LogP contribution < -0.4 is 5.32 Å². The van der Waals surface area contributed by atoms with Crippen LogP contribution in [0, 0.1) is 0 Å². The molecule has 0 aliphatic heterocycles. The van der Waals surface area contributed by atoms with Crippen LogP contribution in [0.5, 0.6) is 0 Å². The van der Waals surface area contributed by atoms with Crippen molar-refractivity contribution in [2.75, 3.05) is 5.32 Å². The molecule has 0 radical (unpaired) electrons. The monoisotopic (exact) mass is 302 g/mol. The topological polar surface area (TPSA) is 67.8 Å². The Balaban J connectivity index is 2.27. The second kappa shape index (κ2) is 5.48. The Morgan fingerprint density at radius 2 is 1.78 bits per heavy atom. The lowest BCUT2D eigenvalue weighted by atomic mass is 10.2. The number of hydrogen-bond acceptors (Lipinski definition) is 4. The van der Waals surface area contributed by atoms with E-state index in [1.165, 1.54) is 24.7 Å². The van der Waals surface area contributed by atoms with Gasteiger partial charge in [-0.15, -0.1) is 0 Å². The summed E-state index contributed by atoms with van der Waals surface area (Å²) in [5.41, 5.74) is 0.477. The van der Waals surface area contributed by atoms with Gasteiger partial charge in [0.2, 0.25) is 0 Å². The van der Waals surface area contributed by atoms with E-state index in [9.17, 15) is 4.79 Å². The molecule has 0 unspecified atom stereocenters. The normalized spacial score (nSPS) is 10.2. The van der Waals surface area contributed by atoms with Gasteiger partial charge in [0.05, 0.1) is 0 Å². The number of anilines is 1. The van der Waals surface area contributed by atoms with Crippen molar-refractivity contribution >= 4 is 46.4 Å². The molecule has 2 aromatic rings. The molecule has 2 aromatic heterocycles. The van der Waals surface area contributed by atoms with Gasteiger partial charge in [0, 0.05) is 11.8 Å². The molecule has 0 fully saturated rings. The molecule has 92 valence electrons. The highest BCUT2D eigenvalue weighted by Crippen LogP contribution is 2.26. The van der Waals surface area contributed by atoms with E-state index in [1.807, 2.05) is 0 Å². The van der Waals surface area contributed by atoms with Gasteiger partial charge in [-0.05, 0) is 12.1 Å². The van der Waals surface area contributed by atoms with Crippen molar-refractivity contribution in [3.8, 4) is 0 Å². The Hall–Kier alpha value is -1.43. The number of rotatable bonds is 2. The Morgan fingerprint density at radius 1 is 1.11 bits per heavy atom. The first-order valence-corrected chi connectivity index (χ1v) is 5.80. The predicted molar refractivity (Wildman–Crippen MR) is 69.3 cm³/mol. The molecule has 5 nitrogen and oxygen atoms in total. The summed E-state index contributed by atoms with van der Waals surface area (Å²) >= 11 is 17.3. The van der Waals surface area contributed by atoms with Crippen LogP contribution in [0.2, 0.25) is 15.5 Å².